The molecule has 0 spiro atoms. The Morgan fingerprint density at radius 1 is 0.377 bits per heavy atom. The quantitative estimate of drug-likeness (QED) is 0.0494. The Morgan fingerprint density at radius 3 is 0.902 bits per heavy atom. The van der Waals surface area contributed by atoms with Gasteiger partial charge in [0.1, 0.15) is 0 Å². The van der Waals surface area contributed by atoms with E-state index in [1.165, 1.54) is 166 Å². The summed E-state index contributed by atoms with van der Waals surface area (Å²) in [6, 6.07) is 9.76. The molecular weight excluding hydrogens is 761 g/mol. The molecule has 0 radical (unpaired) electrons. The van der Waals surface area contributed by atoms with Gasteiger partial charge < -0.3 is 20.8 Å². The van der Waals surface area contributed by atoms with Crippen molar-refractivity contribution in [2.24, 2.45) is 0 Å². The van der Waals surface area contributed by atoms with Crippen LogP contribution in [0.2, 0.25) is 0 Å². The third-order valence-electron chi connectivity index (χ3n) is 12.1. The summed E-state index contributed by atoms with van der Waals surface area (Å²) in [6.07, 6.45) is 40.2. The van der Waals surface area contributed by atoms with Gasteiger partial charge in [0.2, 0.25) is 11.8 Å². The first-order valence-electron chi connectivity index (χ1n) is 25.1. The highest BCUT2D eigenvalue weighted by molar-refractivity contribution is 5.94. The van der Waals surface area contributed by atoms with Crippen LogP contribution in [0.25, 0.3) is 0 Å². The molecule has 344 valence electrons. The summed E-state index contributed by atoms with van der Waals surface area (Å²) in [5.74, 6) is -2.24. The zero-order chi connectivity index (χ0) is 44.2. The summed E-state index contributed by atoms with van der Waals surface area (Å²) >= 11 is 0. The fourth-order valence-electron chi connectivity index (χ4n) is 8.40. The van der Waals surface area contributed by atoms with Crippen molar-refractivity contribution in [2.45, 2.75) is 239 Å². The number of carboxylic acid groups (broad SMARTS) is 2. The van der Waals surface area contributed by atoms with E-state index in [2.05, 4.69) is 24.5 Å². The molecule has 0 unspecified atom stereocenters. The lowest BCUT2D eigenvalue weighted by Gasteiger charge is -2.13. The molecule has 0 bridgehead atoms. The molecule has 0 aromatic heterocycles. The molecule has 0 aliphatic heterocycles. The molecule has 0 aliphatic rings. The van der Waals surface area contributed by atoms with Crippen molar-refractivity contribution in [1.82, 2.24) is 0 Å². The van der Waals surface area contributed by atoms with Crippen LogP contribution >= 0.6 is 0 Å². The van der Waals surface area contributed by atoms with Gasteiger partial charge in [-0.15, -0.1) is 0 Å². The maximum absolute atomic E-state index is 12.8. The van der Waals surface area contributed by atoms with Crippen molar-refractivity contribution >= 4 is 35.1 Å². The highest BCUT2D eigenvalue weighted by Gasteiger charge is 2.15. The third kappa shape index (κ3) is 27.1. The number of anilines is 2. The van der Waals surface area contributed by atoms with Crippen molar-refractivity contribution < 1.29 is 29.4 Å². The Morgan fingerprint density at radius 2 is 0.639 bits per heavy atom. The first-order valence-corrected chi connectivity index (χ1v) is 25.1. The Hall–Kier alpha value is -3.68. The van der Waals surface area contributed by atoms with Crippen LogP contribution in [0.1, 0.15) is 258 Å². The molecule has 0 saturated heterocycles. The fraction of sp³-hybridized carbons (Fsp3) is 0.698. The van der Waals surface area contributed by atoms with Crippen LogP contribution in [0, 0.1) is 0 Å². The summed E-state index contributed by atoms with van der Waals surface area (Å²) < 4.78 is 0. The number of amides is 2. The molecule has 8 heteroatoms. The molecule has 0 fully saturated rings. The average molecular weight is 847 g/mol. The molecule has 2 aromatic carbocycles. The zero-order valence-corrected chi connectivity index (χ0v) is 38.7. The molecule has 0 saturated carbocycles. The minimum Gasteiger partial charge on any atom is -0.478 e. The smallest absolute Gasteiger partial charge is 0.335 e. The Balaban J connectivity index is 1.69. The number of aromatic carboxylic acids is 2. The molecule has 61 heavy (non-hydrogen) atoms. The summed E-state index contributed by atoms with van der Waals surface area (Å²) in [7, 11) is 0. The van der Waals surface area contributed by atoms with Gasteiger partial charge in [0.15, 0.2) is 0 Å². The monoisotopic (exact) mass is 847 g/mol. The first-order chi connectivity index (χ1) is 29.7. The molecular formula is C53H86N2O6. The molecule has 4 N–H and O–H groups in total. The fourth-order valence-corrected chi connectivity index (χ4v) is 8.40. The van der Waals surface area contributed by atoms with Gasteiger partial charge in [-0.2, -0.15) is 0 Å². The topological polar surface area (TPSA) is 133 Å². The van der Waals surface area contributed by atoms with E-state index in [-0.39, 0.29) is 22.9 Å². The van der Waals surface area contributed by atoms with Crippen LogP contribution in [0.4, 0.5) is 11.4 Å². The SMILES string of the molecule is CCCCCCCCCCCCCCCCCC(=O)Nc1ccc(C(=O)O)c(CCCc2cc(NC(=O)CCCCCCCCCCCCCCCCC)ccc2C(=O)O)c1. The van der Waals surface area contributed by atoms with Crippen molar-refractivity contribution in [1.29, 1.82) is 0 Å². The van der Waals surface area contributed by atoms with E-state index < -0.39 is 11.9 Å². The van der Waals surface area contributed by atoms with E-state index in [0.29, 0.717) is 54.6 Å². The number of unbranched alkanes of at least 4 members (excludes halogenated alkanes) is 28. The van der Waals surface area contributed by atoms with Crippen LogP contribution in [0.3, 0.4) is 0 Å². The molecule has 2 amide bonds. The maximum Gasteiger partial charge on any atom is 0.335 e. The van der Waals surface area contributed by atoms with Crippen LogP contribution in [-0.2, 0) is 22.4 Å². The summed E-state index contributed by atoms with van der Waals surface area (Å²) in [5.41, 5.74) is 2.63. The maximum atomic E-state index is 12.8. The lowest BCUT2D eigenvalue weighted by molar-refractivity contribution is -0.117. The Kier molecular flexibility index (Phi) is 31.4. The van der Waals surface area contributed by atoms with E-state index in [1.54, 1.807) is 24.3 Å². The Bertz CT molecular complexity index is 1380. The van der Waals surface area contributed by atoms with Gasteiger partial charge in [-0.3, -0.25) is 9.59 Å². The van der Waals surface area contributed by atoms with Crippen LogP contribution < -0.4 is 10.6 Å². The standard InChI is InChI=1S/C53H86N2O6/c1-3-5-7-9-11-13-15-17-19-21-23-25-27-29-31-36-50(56)54-46-38-40-48(52(58)59)44(42-46)34-33-35-45-43-47(39-41-49(45)53(60)61)55-51(57)37-32-30-28-26-24-22-20-18-16-14-12-10-8-6-4-2/h38-43H,3-37H2,1-2H3,(H,54,56)(H,55,57)(H,58,59)(H,60,61). The van der Waals surface area contributed by atoms with Gasteiger partial charge in [-0.05, 0) is 79.6 Å². The number of carbonyl (C=O) groups is 4. The van der Waals surface area contributed by atoms with E-state index >= 15 is 0 Å². The average Bonchev–Trinajstić information content (AvgIpc) is 3.23. The number of rotatable bonds is 40. The van der Waals surface area contributed by atoms with Gasteiger partial charge in [-0.1, -0.05) is 194 Å². The highest BCUT2D eigenvalue weighted by atomic mass is 16.4. The van der Waals surface area contributed by atoms with E-state index in [0.717, 1.165) is 38.5 Å². The van der Waals surface area contributed by atoms with Crippen LogP contribution in [0.15, 0.2) is 36.4 Å². The predicted molar refractivity (Wildman–Crippen MR) is 255 cm³/mol. The van der Waals surface area contributed by atoms with Crippen LogP contribution in [0.5, 0.6) is 0 Å². The molecule has 0 aliphatic carbocycles. The number of aryl methyl sites for hydroxylation is 2. The van der Waals surface area contributed by atoms with Gasteiger partial charge in [-0.25, -0.2) is 9.59 Å². The van der Waals surface area contributed by atoms with Gasteiger partial charge in [0.25, 0.3) is 0 Å². The number of carbonyl (C=O) groups excluding carboxylic acids is 2. The summed E-state index contributed by atoms with van der Waals surface area (Å²) in [6.45, 7) is 4.52. The van der Waals surface area contributed by atoms with E-state index in [4.69, 9.17) is 0 Å². The molecule has 2 aromatic rings. The van der Waals surface area contributed by atoms with E-state index in [1.807, 2.05) is 0 Å². The van der Waals surface area contributed by atoms with Gasteiger partial charge in [0, 0.05) is 24.2 Å². The lowest BCUT2D eigenvalue weighted by Crippen LogP contribution is -2.13. The Labute approximate surface area is 371 Å². The van der Waals surface area contributed by atoms with Crippen molar-refractivity contribution in [3.8, 4) is 0 Å². The second-order valence-electron chi connectivity index (χ2n) is 17.7. The highest BCUT2D eigenvalue weighted by Crippen LogP contribution is 2.23. The van der Waals surface area contributed by atoms with E-state index in [9.17, 15) is 29.4 Å². The van der Waals surface area contributed by atoms with Gasteiger partial charge >= 0.3 is 11.9 Å². The number of benzene rings is 2. The minimum atomic E-state index is -1.05. The molecule has 2 rings (SSSR count). The third-order valence-corrected chi connectivity index (χ3v) is 12.1. The normalized spacial score (nSPS) is 11.2. The summed E-state index contributed by atoms with van der Waals surface area (Å²) in [4.78, 5) is 49.6. The lowest BCUT2D eigenvalue weighted by atomic mass is 9.96. The minimum absolute atomic E-state index is 0.0757. The molecule has 0 heterocycles. The predicted octanol–water partition coefficient (Wildman–Crippen LogP) is 15.7. The van der Waals surface area contributed by atoms with Crippen molar-refractivity contribution in [2.75, 3.05) is 10.6 Å². The number of hydrogen-bond acceptors (Lipinski definition) is 4. The van der Waals surface area contributed by atoms with Crippen LogP contribution in [-0.4, -0.2) is 34.0 Å². The van der Waals surface area contributed by atoms with Crippen molar-refractivity contribution in [3.05, 3.63) is 58.7 Å². The second-order valence-corrected chi connectivity index (χ2v) is 17.7. The number of carboxylic acids is 2. The van der Waals surface area contributed by atoms with Crippen molar-refractivity contribution in [3.63, 3.8) is 0 Å². The van der Waals surface area contributed by atoms with Gasteiger partial charge in [0.05, 0.1) is 11.1 Å². The zero-order valence-electron chi connectivity index (χ0n) is 38.7. The second kappa shape index (κ2) is 35.9. The number of hydrogen-bond donors (Lipinski definition) is 4. The number of nitrogens with one attached hydrogen (secondary N) is 2. The summed E-state index contributed by atoms with van der Waals surface area (Å²) in [5, 5.41) is 25.6. The largest absolute Gasteiger partial charge is 0.478 e. The molecule has 0 atom stereocenters. The first kappa shape index (κ1) is 53.5. The molecule has 8 nitrogen and oxygen atoms in total.